The maximum atomic E-state index is 5.45. The standard InChI is InChI=1S/C18H18IN7O/c19-17-20-7-5-15(24-17)23-16-6-8-21-18(25-16)22-13-3-1-2-4-14(13)26-9-11-27-12-10-26/h1-8H,9-12H2,(H2,20,21,22,23,24,25). The highest BCUT2D eigenvalue weighted by Gasteiger charge is 2.15. The molecule has 0 amide bonds. The summed E-state index contributed by atoms with van der Waals surface area (Å²) in [5.74, 6) is 1.86. The Morgan fingerprint density at radius 1 is 0.889 bits per heavy atom. The third kappa shape index (κ3) is 4.61. The molecular weight excluding hydrogens is 457 g/mol. The van der Waals surface area contributed by atoms with Crippen molar-refractivity contribution in [3.05, 3.63) is 52.6 Å². The van der Waals surface area contributed by atoms with Crippen molar-refractivity contribution in [3.63, 3.8) is 0 Å². The average molecular weight is 475 g/mol. The van der Waals surface area contributed by atoms with Gasteiger partial charge in [0.25, 0.3) is 0 Å². The van der Waals surface area contributed by atoms with Crippen LogP contribution in [0.2, 0.25) is 0 Å². The number of nitrogens with one attached hydrogen (secondary N) is 2. The lowest BCUT2D eigenvalue weighted by Gasteiger charge is -2.30. The number of aromatic nitrogens is 4. The molecule has 9 heteroatoms. The van der Waals surface area contributed by atoms with Crippen molar-refractivity contribution < 1.29 is 4.74 Å². The van der Waals surface area contributed by atoms with Crippen molar-refractivity contribution in [1.29, 1.82) is 0 Å². The highest BCUT2D eigenvalue weighted by Crippen LogP contribution is 2.28. The summed E-state index contributed by atoms with van der Waals surface area (Å²) >= 11 is 2.07. The number of anilines is 5. The summed E-state index contributed by atoms with van der Waals surface area (Å²) in [6.45, 7) is 3.21. The summed E-state index contributed by atoms with van der Waals surface area (Å²) in [7, 11) is 0. The Morgan fingerprint density at radius 3 is 2.44 bits per heavy atom. The van der Waals surface area contributed by atoms with E-state index in [2.05, 4.69) is 64.1 Å². The molecule has 3 heterocycles. The summed E-state index contributed by atoms with van der Waals surface area (Å²) in [6, 6.07) is 11.8. The van der Waals surface area contributed by atoms with Gasteiger partial charge in [0.05, 0.1) is 24.6 Å². The van der Waals surface area contributed by atoms with E-state index < -0.39 is 0 Å². The molecule has 1 aromatic carbocycles. The third-order valence-corrected chi connectivity index (χ3v) is 4.56. The van der Waals surface area contributed by atoms with Gasteiger partial charge in [0, 0.05) is 48.1 Å². The molecular formula is C18H18IN7O. The number of benzene rings is 1. The third-order valence-electron chi connectivity index (χ3n) is 4.04. The molecule has 3 aromatic rings. The van der Waals surface area contributed by atoms with Crippen molar-refractivity contribution in [3.8, 4) is 0 Å². The first kappa shape index (κ1) is 17.9. The molecule has 0 atom stereocenters. The molecule has 1 aliphatic heterocycles. The van der Waals surface area contributed by atoms with E-state index in [4.69, 9.17) is 4.74 Å². The molecule has 0 radical (unpaired) electrons. The summed E-state index contributed by atoms with van der Waals surface area (Å²) in [5.41, 5.74) is 2.08. The van der Waals surface area contributed by atoms with Crippen LogP contribution >= 0.6 is 22.6 Å². The molecule has 0 spiro atoms. The number of morpholine rings is 1. The fourth-order valence-electron chi connectivity index (χ4n) is 2.80. The summed E-state index contributed by atoms with van der Waals surface area (Å²) in [4.78, 5) is 19.6. The molecule has 138 valence electrons. The molecule has 1 aliphatic rings. The highest BCUT2D eigenvalue weighted by atomic mass is 127. The van der Waals surface area contributed by atoms with Gasteiger partial charge < -0.3 is 20.3 Å². The van der Waals surface area contributed by atoms with E-state index in [1.165, 1.54) is 0 Å². The van der Waals surface area contributed by atoms with Crippen molar-refractivity contribution in [2.24, 2.45) is 0 Å². The number of hydrogen-bond acceptors (Lipinski definition) is 8. The minimum Gasteiger partial charge on any atom is -0.378 e. The lowest BCUT2D eigenvalue weighted by molar-refractivity contribution is 0.123. The molecule has 0 bridgehead atoms. The lowest BCUT2D eigenvalue weighted by atomic mass is 10.2. The largest absolute Gasteiger partial charge is 0.378 e. The first-order valence-corrected chi connectivity index (χ1v) is 9.63. The van der Waals surface area contributed by atoms with Crippen LogP contribution in [0.3, 0.4) is 0 Å². The first-order chi connectivity index (χ1) is 13.3. The Morgan fingerprint density at radius 2 is 1.63 bits per heavy atom. The summed E-state index contributed by atoms with van der Waals surface area (Å²) in [6.07, 6.45) is 3.41. The van der Waals surface area contributed by atoms with Crippen LogP contribution in [0.25, 0.3) is 0 Å². The van der Waals surface area contributed by atoms with Crippen LogP contribution in [-0.2, 0) is 4.74 Å². The van der Waals surface area contributed by atoms with Gasteiger partial charge in [-0.2, -0.15) is 4.98 Å². The van der Waals surface area contributed by atoms with E-state index in [9.17, 15) is 0 Å². The predicted molar refractivity (Wildman–Crippen MR) is 113 cm³/mol. The van der Waals surface area contributed by atoms with Gasteiger partial charge in [-0.15, -0.1) is 0 Å². The highest BCUT2D eigenvalue weighted by molar-refractivity contribution is 14.1. The van der Waals surface area contributed by atoms with Gasteiger partial charge in [0.2, 0.25) is 5.95 Å². The Balaban J connectivity index is 1.53. The quantitative estimate of drug-likeness (QED) is 0.430. The van der Waals surface area contributed by atoms with Crippen LogP contribution < -0.4 is 15.5 Å². The van der Waals surface area contributed by atoms with Crippen LogP contribution in [0, 0.1) is 3.83 Å². The zero-order chi connectivity index (χ0) is 18.5. The smallest absolute Gasteiger partial charge is 0.229 e. The Kier molecular flexibility index (Phi) is 5.58. The Hall–Kier alpha value is -2.53. The van der Waals surface area contributed by atoms with E-state index >= 15 is 0 Å². The van der Waals surface area contributed by atoms with Crippen LogP contribution in [0.1, 0.15) is 0 Å². The number of para-hydroxylation sites is 2. The number of nitrogens with zero attached hydrogens (tertiary/aromatic N) is 5. The molecule has 8 nitrogen and oxygen atoms in total. The maximum Gasteiger partial charge on any atom is 0.229 e. The van der Waals surface area contributed by atoms with E-state index in [-0.39, 0.29) is 0 Å². The molecule has 4 rings (SSSR count). The lowest BCUT2D eigenvalue weighted by Crippen LogP contribution is -2.36. The number of rotatable bonds is 5. The Bertz CT molecular complexity index is 917. The van der Waals surface area contributed by atoms with Gasteiger partial charge in [-0.3, -0.25) is 0 Å². The molecule has 27 heavy (non-hydrogen) atoms. The van der Waals surface area contributed by atoms with Gasteiger partial charge >= 0.3 is 0 Å². The van der Waals surface area contributed by atoms with Gasteiger partial charge in [0.15, 0.2) is 3.83 Å². The summed E-state index contributed by atoms with van der Waals surface area (Å²) < 4.78 is 6.12. The van der Waals surface area contributed by atoms with Crippen molar-refractivity contribution in [1.82, 2.24) is 19.9 Å². The molecule has 1 fully saturated rings. The number of halogens is 1. The summed E-state index contributed by atoms with van der Waals surface area (Å²) in [5, 5.41) is 6.50. The second-order valence-corrected chi connectivity index (χ2v) is 6.81. The predicted octanol–water partition coefficient (Wildman–Crippen LogP) is 3.20. The SMILES string of the molecule is Ic1nccc(Nc2ccnc(Nc3ccccc3N3CCOCC3)n2)n1. The van der Waals surface area contributed by atoms with Crippen LogP contribution in [0.15, 0.2) is 48.8 Å². The first-order valence-electron chi connectivity index (χ1n) is 8.55. The van der Waals surface area contributed by atoms with E-state index in [0.717, 1.165) is 37.7 Å². The second kappa shape index (κ2) is 8.44. The minimum absolute atomic E-state index is 0.518. The maximum absolute atomic E-state index is 5.45. The van der Waals surface area contributed by atoms with E-state index in [1.807, 2.05) is 18.2 Å². The number of ether oxygens (including phenoxy) is 1. The zero-order valence-electron chi connectivity index (χ0n) is 14.5. The van der Waals surface area contributed by atoms with E-state index in [1.54, 1.807) is 24.5 Å². The van der Waals surface area contributed by atoms with Crippen molar-refractivity contribution >= 4 is 51.5 Å². The second-order valence-electron chi connectivity index (χ2n) is 5.84. The van der Waals surface area contributed by atoms with Gasteiger partial charge in [-0.05, 0) is 24.3 Å². The fourth-order valence-corrected chi connectivity index (χ4v) is 3.22. The van der Waals surface area contributed by atoms with Crippen LogP contribution in [0.5, 0.6) is 0 Å². The molecule has 1 saturated heterocycles. The molecule has 0 saturated carbocycles. The van der Waals surface area contributed by atoms with Crippen molar-refractivity contribution in [2.45, 2.75) is 0 Å². The Labute approximate surface area is 170 Å². The van der Waals surface area contributed by atoms with Crippen LogP contribution in [0.4, 0.5) is 29.0 Å². The van der Waals surface area contributed by atoms with Gasteiger partial charge in [0.1, 0.15) is 11.6 Å². The molecule has 2 N–H and O–H groups in total. The fraction of sp³-hybridized carbons (Fsp3) is 0.222. The van der Waals surface area contributed by atoms with Crippen LogP contribution in [-0.4, -0.2) is 46.2 Å². The van der Waals surface area contributed by atoms with E-state index in [0.29, 0.717) is 21.4 Å². The van der Waals surface area contributed by atoms with Gasteiger partial charge in [-0.25, -0.2) is 15.0 Å². The van der Waals surface area contributed by atoms with Crippen molar-refractivity contribution in [2.75, 3.05) is 41.8 Å². The zero-order valence-corrected chi connectivity index (χ0v) is 16.6. The average Bonchev–Trinajstić information content (AvgIpc) is 2.69. The minimum atomic E-state index is 0.518. The number of hydrogen-bond donors (Lipinski definition) is 2. The molecule has 0 unspecified atom stereocenters. The topological polar surface area (TPSA) is 88.1 Å². The molecule has 0 aliphatic carbocycles. The monoisotopic (exact) mass is 475 g/mol. The normalized spacial score (nSPS) is 14.0. The van der Waals surface area contributed by atoms with Gasteiger partial charge in [-0.1, -0.05) is 12.1 Å². The molecule has 2 aromatic heterocycles.